The molecule has 4 rings (SSSR count). The Balaban J connectivity index is 1.56. The second kappa shape index (κ2) is 9.83. The van der Waals surface area contributed by atoms with E-state index in [-0.39, 0.29) is 17.2 Å². The molecule has 0 spiro atoms. The zero-order valence-electron chi connectivity index (χ0n) is 17.5. The molecule has 2 amide bonds. The van der Waals surface area contributed by atoms with E-state index >= 15 is 0 Å². The highest BCUT2D eigenvalue weighted by Gasteiger charge is 2.26. The highest BCUT2D eigenvalue weighted by atomic mass is 35.5. The summed E-state index contributed by atoms with van der Waals surface area (Å²) in [7, 11) is 0. The molecule has 2 aromatic carbocycles. The molecule has 0 radical (unpaired) electrons. The molecule has 0 aliphatic heterocycles. The molecule has 0 unspecified atom stereocenters. The van der Waals surface area contributed by atoms with Crippen molar-refractivity contribution in [1.29, 1.82) is 0 Å². The quantitative estimate of drug-likeness (QED) is 0.553. The summed E-state index contributed by atoms with van der Waals surface area (Å²) in [5.41, 5.74) is 1.26. The van der Waals surface area contributed by atoms with Crippen LogP contribution in [0.2, 0.25) is 5.02 Å². The smallest absolute Gasteiger partial charge is 0.256 e. The number of rotatable bonds is 8. The lowest BCUT2D eigenvalue weighted by Crippen LogP contribution is -2.36. The molecule has 6 nitrogen and oxygen atoms in total. The minimum Gasteiger partial charge on any atom is -0.352 e. The van der Waals surface area contributed by atoms with Crippen molar-refractivity contribution >= 4 is 23.4 Å². The van der Waals surface area contributed by atoms with Crippen molar-refractivity contribution in [2.75, 3.05) is 6.54 Å². The van der Waals surface area contributed by atoms with Gasteiger partial charge in [-0.25, -0.2) is 0 Å². The zero-order chi connectivity index (χ0) is 22.5. The lowest BCUT2D eigenvalue weighted by atomic mass is 10.1. The molecule has 1 aliphatic rings. The van der Waals surface area contributed by atoms with Crippen molar-refractivity contribution in [3.05, 3.63) is 104 Å². The Bertz CT molecular complexity index is 1190. The molecular weight excluding hydrogens is 426 g/mol. The molecule has 0 atom stereocenters. The van der Waals surface area contributed by atoms with Crippen LogP contribution in [-0.4, -0.2) is 29.0 Å². The van der Waals surface area contributed by atoms with E-state index in [1.165, 1.54) is 12.4 Å². The Morgan fingerprint density at radius 2 is 1.59 bits per heavy atom. The minimum absolute atomic E-state index is 0.0217. The van der Waals surface area contributed by atoms with Gasteiger partial charge < -0.3 is 15.2 Å². The summed E-state index contributed by atoms with van der Waals surface area (Å²) in [4.78, 5) is 38.5. The summed E-state index contributed by atoms with van der Waals surface area (Å²) < 4.78 is 1.71. The van der Waals surface area contributed by atoms with Crippen LogP contribution < -0.4 is 16.1 Å². The van der Waals surface area contributed by atoms with Crippen LogP contribution in [0, 0.1) is 0 Å². The van der Waals surface area contributed by atoms with Crippen LogP contribution in [0.3, 0.4) is 0 Å². The van der Waals surface area contributed by atoms with Crippen molar-refractivity contribution in [2.45, 2.75) is 31.8 Å². The third-order valence-electron chi connectivity index (χ3n) is 5.33. The molecule has 1 aromatic heterocycles. The molecule has 7 heteroatoms. The molecule has 164 valence electrons. The van der Waals surface area contributed by atoms with Crippen LogP contribution in [0.15, 0.2) is 71.8 Å². The Kier molecular flexibility index (Phi) is 6.71. The van der Waals surface area contributed by atoms with E-state index in [1.54, 1.807) is 10.6 Å². The maximum Gasteiger partial charge on any atom is 0.256 e. The molecule has 0 bridgehead atoms. The van der Waals surface area contributed by atoms with Gasteiger partial charge in [0, 0.05) is 36.5 Å². The molecule has 1 aliphatic carbocycles. The summed E-state index contributed by atoms with van der Waals surface area (Å²) >= 11 is 6.17. The first-order valence-corrected chi connectivity index (χ1v) is 11.0. The Morgan fingerprint density at radius 1 is 0.938 bits per heavy atom. The Labute approximate surface area is 191 Å². The number of amides is 2. The number of benzene rings is 2. The van der Waals surface area contributed by atoms with E-state index in [2.05, 4.69) is 10.6 Å². The molecular formula is C25H24ClN3O3. The predicted octanol–water partition coefficient (Wildman–Crippen LogP) is 3.41. The van der Waals surface area contributed by atoms with E-state index in [9.17, 15) is 14.4 Å². The number of aromatic nitrogens is 1. The van der Waals surface area contributed by atoms with Gasteiger partial charge in [0.2, 0.25) is 5.43 Å². The Morgan fingerprint density at radius 3 is 2.28 bits per heavy atom. The summed E-state index contributed by atoms with van der Waals surface area (Å²) in [5.74, 6) is -0.949. The molecule has 2 N–H and O–H groups in total. The van der Waals surface area contributed by atoms with Gasteiger partial charge in [-0.1, -0.05) is 60.1 Å². The summed E-state index contributed by atoms with van der Waals surface area (Å²) in [6.07, 6.45) is 5.38. The summed E-state index contributed by atoms with van der Waals surface area (Å²) in [6, 6.07) is 17.2. The first kappa shape index (κ1) is 21.8. The van der Waals surface area contributed by atoms with Crippen LogP contribution in [-0.2, 0) is 13.0 Å². The van der Waals surface area contributed by atoms with Gasteiger partial charge in [0.05, 0.1) is 0 Å². The molecule has 1 saturated carbocycles. The minimum atomic E-state index is -0.567. The van der Waals surface area contributed by atoms with Crippen LogP contribution in [0.4, 0.5) is 0 Å². The maximum atomic E-state index is 13.0. The number of pyridine rings is 1. The summed E-state index contributed by atoms with van der Waals surface area (Å²) in [6.45, 7) is 0.754. The van der Waals surface area contributed by atoms with E-state index in [1.807, 2.05) is 48.5 Å². The number of halogens is 1. The number of hydrogen-bond acceptors (Lipinski definition) is 3. The SMILES string of the molecule is O=C(NCCc1ccccc1Cl)c1cn(Cc2ccccc2)cc(C(=O)NC2CC2)c1=O. The number of carbonyl (C=O) groups excluding carboxylic acids is 2. The number of nitrogens with one attached hydrogen (secondary N) is 2. The molecule has 0 saturated heterocycles. The third-order valence-corrected chi connectivity index (χ3v) is 5.70. The van der Waals surface area contributed by atoms with Crippen molar-refractivity contribution < 1.29 is 9.59 Å². The van der Waals surface area contributed by atoms with Crippen molar-refractivity contribution in [3.63, 3.8) is 0 Å². The number of carbonyl (C=O) groups is 2. The van der Waals surface area contributed by atoms with Crippen LogP contribution in [0.5, 0.6) is 0 Å². The zero-order valence-corrected chi connectivity index (χ0v) is 18.3. The average Bonchev–Trinajstić information content (AvgIpc) is 3.60. The van der Waals surface area contributed by atoms with Gasteiger partial charge in [0.15, 0.2) is 0 Å². The lowest BCUT2D eigenvalue weighted by molar-refractivity contribution is 0.0949. The number of hydrogen-bond donors (Lipinski definition) is 2. The van der Waals surface area contributed by atoms with Gasteiger partial charge >= 0.3 is 0 Å². The van der Waals surface area contributed by atoms with Gasteiger partial charge in [0.25, 0.3) is 11.8 Å². The normalized spacial score (nSPS) is 12.9. The average molecular weight is 450 g/mol. The van der Waals surface area contributed by atoms with Gasteiger partial charge in [-0.2, -0.15) is 0 Å². The van der Waals surface area contributed by atoms with Gasteiger partial charge in [-0.15, -0.1) is 0 Å². The second-order valence-corrected chi connectivity index (χ2v) is 8.32. The van der Waals surface area contributed by atoms with E-state index in [0.717, 1.165) is 24.0 Å². The monoisotopic (exact) mass is 449 g/mol. The topological polar surface area (TPSA) is 80.2 Å². The third kappa shape index (κ3) is 5.45. The fourth-order valence-electron chi connectivity index (χ4n) is 3.44. The maximum absolute atomic E-state index is 13.0. The van der Waals surface area contributed by atoms with E-state index in [0.29, 0.717) is 24.5 Å². The largest absolute Gasteiger partial charge is 0.352 e. The van der Waals surface area contributed by atoms with E-state index in [4.69, 9.17) is 11.6 Å². The molecule has 1 heterocycles. The second-order valence-electron chi connectivity index (χ2n) is 7.92. The van der Waals surface area contributed by atoms with Crippen LogP contribution >= 0.6 is 11.6 Å². The fraction of sp³-hybridized carbons (Fsp3) is 0.240. The lowest BCUT2D eigenvalue weighted by Gasteiger charge is -2.13. The van der Waals surface area contributed by atoms with Gasteiger partial charge in [-0.05, 0) is 36.5 Å². The van der Waals surface area contributed by atoms with Crippen LogP contribution in [0.25, 0.3) is 0 Å². The van der Waals surface area contributed by atoms with Crippen LogP contribution in [0.1, 0.15) is 44.7 Å². The molecule has 3 aromatic rings. The van der Waals surface area contributed by atoms with E-state index < -0.39 is 17.2 Å². The Hall–Kier alpha value is -3.38. The molecule has 1 fully saturated rings. The first-order valence-electron chi connectivity index (χ1n) is 10.6. The highest BCUT2D eigenvalue weighted by Crippen LogP contribution is 2.19. The number of nitrogens with zero attached hydrogens (tertiary/aromatic N) is 1. The first-order chi connectivity index (χ1) is 15.5. The molecule has 32 heavy (non-hydrogen) atoms. The standard InChI is InChI=1S/C25H24ClN3O3/c26-22-9-5-4-8-18(22)12-13-27-24(31)20-15-29(14-17-6-2-1-3-7-17)16-21(23(20)30)25(32)28-19-10-11-19/h1-9,15-16,19H,10-14H2,(H,27,31)(H,28,32). The summed E-state index contributed by atoms with van der Waals surface area (Å²) in [5, 5.41) is 6.25. The fourth-order valence-corrected chi connectivity index (χ4v) is 3.67. The van der Waals surface area contributed by atoms with Gasteiger partial charge in [-0.3, -0.25) is 14.4 Å². The predicted molar refractivity (Wildman–Crippen MR) is 124 cm³/mol. The van der Waals surface area contributed by atoms with Crippen molar-refractivity contribution in [3.8, 4) is 0 Å². The highest BCUT2D eigenvalue weighted by molar-refractivity contribution is 6.31. The van der Waals surface area contributed by atoms with Gasteiger partial charge in [0.1, 0.15) is 11.1 Å². The van der Waals surface area contributed by atoms with Crippen molar-refractivity contribution in [1.82, 2.24) is 15.2 Å². The van der Waals surface area contributed by atoms with Crippen molar-refractivity contribution in [2.24, 2.45) is 0 Å².